The van der Waals surface area contributed by atoms with Gasteiger partial charge < -0.3 is 9.80 Å². The second-order valence-corrected chi connectivity index (χ2v) is 8.25. The zero-order chi connectivity index (χ0) is 19.6. The van der Waals surface area contributed by atoms with Crippen LogP contribution >= 0.6 is 0 Å². The number of benzene rings is 1. The quantitative estimate of drug-likeness (QED) is 0.546. The molecular weight excluding hydrogens is 372 g/mol. The molecule has 1 aliphatic rings. The summed E-state index contributed by atoms with van der Waals surface area (Å²) in [6, 6.07) is 7.02. The summed E-state index contributed by atoms with van der Waals surface area (Å²) in [7, 11) is 0.0269. The van der Waals surface area contributed by atoms with Gasteiger partial charge in [-0.25, -0.2) is 8.42 Å². The highest BCUT2D eigenvalue weighted by molar-refractivity contribution is 7.89. The Morgan fingerprint density at radius 2 is 1.85 bits per heavy atom. The van der Waals surface area contributed by atoms with Crippen LogP contribution in [0.3, 0.4) is 0 Å². The Kier molecular flexibility index (Phi) is 5.24. The van der Waals surface area contributed by atoms with E-state index in [1.807, 2.05) is 30.0 Å². The summed E-state index contributed by atoms with van der Waals surface area (Å²) in [6.45, 7) is 1.44. The standard InChI is InChI=1S/C16H20N6O4S/c1-19(2)14-11-16(18-17-12-14)20-6-8-21(9-7-20)27(25,26)15-5-3-4-13(10-15)22(23)24/h3-5,10-12H,6-9H2,1-2H3. The van der Waals surface area contributed by atoms with Gasteiger partial charge in [0.1, 0.15) is 0 Å². The molecule has 2 heterocycles. The smallest absolute Gasteiger partial charge is 0.270 e. The van der Waals surface area contributed by atoms with Crippen molar-refractivity contribution in [1.29, 1.82) is 0 Å². The zero-order valence-electron chi connectivity index (χ0n) is 15.0. The van der Waals surface area contributed by atoms with E-state index in [0.29, 0.717) is 18.9 Å². The average Bonchev–Trinajstić information content (AvgIpc) is 2.68. The number of nitro groups is 1. The van der Waals surface area contributed by atoms with Crippen molar-refractivity contribution in [2.45, 2.75) is 4.90 Å². The largest absolute Gasteiger partial charge is 0.376 e. The summed E-state index contributed by atoms with van der Waals surface area (Å²) in [5, 5.41) is 19.0. The van der Waals surface area contributed by atoms with E-state index in [4.69, 9.17) is 0 Å². The number of aromatic nitrogens is 2. The van der Waals surface area contributed by atoms with Crippen molar-refractivity contribution in [1.82, 2.24) is 14.5 Å². The third kappa shape index (κ3) is 3.98. The first-order valence-corrected chi connectivity index (χ1v) is 9.72. The molecule has 10 nitrogen and oxygen atoms in total. The van der Waals surface area contributed by atoms with Gasteiger partial charge in [0.15, 0.2) is 5.82 Å². The predicted molar refractivity (Wildman–Crippen MR) is 100 cm³/mol. The van der Waals surface area contributed by atoms with Crippen molar-refractivity contribution in [3.63, 3.8) is 0 Å². The van der Waals surface area contributed by atoms with E-state index in [1.54, 1.807) is 6.20 Å². The third-order valence-corrected chi connectivity index (χ3v) is 6.27. The summed E-state index contributed by atoms with van der Waals surface area (Å²) < 4.78 is 26.9. The van der Waals surface area contributed by atoms with Crippen LogP contribution in [0.4, 0.5) is 17.2 Å². The molecule has 0 aliphatic carbocycles. The molecule has 0 bridgehead atoms. The van der Waals surface area contributed by atoms with Gasteiger partial charge in [0.05, 0.1) is 21.7 Å². The number of anilines is 2. The second kappa shape index (κ2) is 7.45. The summed E-state index contributed by atoms with van der Waals surface area (Å²) in [5.41, 5.74) is 0.664. The van der Waals surface area contributed by atoms with E-state index in [9.17, 15) is 18.5 Å². The monoisotopic (exact) mass is 392 g/mol. The maximum atomic E-state index is 12.8. The minimum Gasteiger partial charge on any atom is -0.376 e. The highest BCUT2D eigenvalue weighted by Crippen LogP contribution is 2.24. The van der Waals surface area contributed by atoms with Crippen LogP contribution in [0.25, 0.3) is 0 Å². The molecule has 0 amide bonds. The molecule has 0 atom stereocenters. The van der Waals surface area contributed by atoms with Crippen LogP contribution in [0.1, 0.15) is 0 Å². The van der Waals surface area contributed by atoms with Crippen LogP contribution in [0.5, 0.6) is 0 Å². The number of nitrogens with zero attached hydrogens (tertiary/aromatic N) is 6. The molecule has 0 N–H and O–H groups in total. The topological polar surface area (TPSA) is 113 Å². The van der Waals surface area contributed by atoms with Gasteiger partial charge in [-0.05, 0) is 6.07 Å². The molecule has 1 aliphatic heterocycles. The average molecular weight is 392 g/mol. The number of hydrogen-bond donors (Lipinski definition) is 0. The van der Waals surface area contributed by atoms with E-state index in [0.717, 1.165) is 11.8 Å². The van der Waals surface area contributed by atoms with Gasteiger partial charge in [0, 0.05) is 58.5 Å². The lowest BCUT2D eigenvalue weighted by atomic mass is 10.3. The molecule has 1 saturated heterocycles. The normalized spacial score (nSPS) is 15.6. The number of sulfonamides is 1. The van der Waals surface area contributed by atoms with Gasteiger partial charge in [-0.2, -0.15) is 9.40 Å². The Morgan fingerprint density at radius 3 is 2.48 bits per heavy atom. The second-order valence-electron chi connectivity index (χ2n) is 6.31. The summed E-state index contributed by atoms with van der Waals surface area (Å²) in [6.07, 6.45) is 1.66. The SMILES string of the molecule is CN(C)c1cnnc(N2CCN(S(=O)(=O)c3cccc([N+](=O)[O-])c3)CC2)c1. The predicted octanol–water partition coefficient (Wildman–Crippen LogP) is 0.962. The van der Waals surface area contributed by atoms with E-state index in [2.05, 4.69) is 10.2 Å². The third-order valence-electron chi connectivity index (χ3n) is 4.37. The lowest BCUT2D eigenvalue weighted by molar-refractivity contribution is -0.385. The molecule has 1 aromatic carbocycles. The molecule has 2 aromatic rings. The van der Waals surface area contributed by atoms with Gasteiger partial charge in [-0.15, -0.1) is 5.10 Å². The number of non-ortho nitro benzene ring substituents is 1. The molecule has 27 heavy (non-hydrogen) atoms. The number of rotatable bonds is 5. The highest BCUT2D eigenvalue weighted by Gasteiger charge is 2.30. The van der Waals surface area contributed by atoms with Crippen LogP contribution < -0.4 is 9.80 Å². The van der Waals surface area contributed by atoms with Crippen molar-refractivity contribution >= 4 is 27.2 Å². The first-order valence-electron chi connectivity index (χ1n) is 8.28. The van der Waals surface area contributed by atoms with Crippen molar-refractivity contribution < 1.29 is 13.3 Å². The molecule has 0 saturated carbocycles. The van der Waals surface area contributed by atoms with E-state index >= 15 is 0 Å². The van der Waals surface area contributed by atoms with E-state index in [-0.39, 0.29) is 23.7 Å². The molecule has 11 heteroatoms. The van der Waals surface area contributed by atoms with Crippen LogP contribution in [0.2, 0.25) is 0 Å². The fourth-order valence-electron chi connectivity index (χ4n) is 2.81. The van der Waals surface area contributed by atoms with Crippen LogP contribution in [0, 0.1) is 10.1 Å². The van der Waals surface area contributed by atoms with Crippen LogP contribution in [0.15, 0.2) is 41.4 Å². The van der Waals surface area contributed by atoms with E-state index in [1.165, 1.54) is 22.5 Å². The first-order chi connectivity index (χ1) is 12.8. The number of nitro benzene ring substituents is 1. The summed E-state index contributed by atoms with van der Waals surface area (Å²) >= 11 is 0. The Balaban J connectivity index is 1.74. The van der Waals surface area contributed by atoms with Crippen molar-refractivity contribution in [2.24, 2.45) is 0 Å². The lowest BCUT2D eigenvalue weighted by Gasteiger charge is -2.34. The maximum Gasteiger partial charge on any atom is 0.270 e. The van der Waals surface area contributed by atoms with Gasteiger partial charge in [0.2, 0.25) is 10.0 Å². The maximum absolute atomic E-state index is 12.8. The van der Waals surface area contributed by atoms with Crippen molar-refractivity contribution in [2.75, 3.05) is 50.1 Å². The number of hydrogen-bond acceptors (Lipinski definition) is 8. The highest BCUT2D eigenvalue weighted by atomic mass is 32.2. The molecule has 1 aromatic heterocycles. The zero-order valence-corrected chi connectivity index (χ0v) is 15.8. The molecule has 0 unspecified atom stereocenters. The Hall–Kier alpha value is -2.79. The van der Waals surface area contributed by atoms with Crippen LogP contribution in [-0.2, 0) is 10.0 Å². The summed E-state index contributed by atoms with van der Waals surface area (Å²) in [4.78, 5) is 14.1. The Morgan fingerprint density at radius 1 is 1.15 bits per heavy atom. The lowest BCUT2D eigenvalue weighted by Crippen LogP contribution is -2.49. The van der Waals surface area contributed by atoms with Crippen molar-refractivity contribution in [3.8, 4) is 0 Å². The molecule has 0 radical (unpaired) electrons. The first kappa shape index (κ1) is 19.0. The molecule has 144 valence electrons. The Bertz CT molecular complexity index is 941. The van der Waals surface area contributed by atoms with Gasteiger partial charge in [-0.1, -0.05) is 6.07 Å². The van der Waals surface area contributed by atoms with Crippen LogP contribution in [-0.4, -0.2) is 68.1 Å². The fourth-order valence-corrected chi connectivity index (χ4v) is 4.27. The fraction of sp³-hybridized carbons (Fsp3) is 0.375. The number of piperazine rings is 1. The van der Waals surface area contributed by atoms with Crippen molar-refractivity contribution in [3.05, 3.63) is 46.6 Å². The minimum absolute atomic E-state index is 0.0699. The summed E-state index contributed by atoms with van der Waals surface area (Å²) in [5.74, 6) is 0.689. The molecule has 3 rings (SSSR count). The van der Waals surface area contributed by atoms with E-state index < -0.39 is 14.9 Å². The van der Waals surface area contributed by atoms with Gasteiger partial charge in [-0.3, -0.25) is 10.1 Å². The van der Waals surface area contributed by atoms with Gasteiger partial charge in [0.25, 0.3) is 5.69 Å². The molecule has 0 spiro atoms. The minimum atomic E-state index is -3.79. The molecule has 1 fully saturated rings. The Labute approximate surface area is 157 Å². The molecular formula is C16H20N6O4S. The van der Waals surface area contributed by atoms with Gasteiger partial charge >= 0.3 is 0 Å².